The molecule has 0 aliphatic heterocycles. The molecule has 0 spiro atoms. The molecule has 2 aromatic heterocycles. The number of nitrogens with one attached hydrogen (secondary N) is 1. The first kappa shape index (κ1) is 40.6. The summed E-state index contributed by atoms with van der Waals surface area (Å²) in [4.78, 5) is 24.1. The van der Waals surface area contributed by atoms with Gasteiger partial charge in [0.05, 0.1) is 21.2 Å². The standard InChI is InChI=1S/C38H41N7O8S2/c1-6-44-33(46)19-23(3)35(37(44)48)41-39-27-15-17-29(31(21-27)54(50)51)30-18-16-28(40-42-36-24(4)20-34(47)45(7-2)38(36)49)22-32(30)55(52,53)43-25(5)13-14-26-11-9-8-10-12-26/h8-12,15-22,25,43,48-49H,6-7,13-14H2,1-5H3,(H,50,51). The molecule has 0 fully saturated rings. The van der Waals surface area contributed by atoms with Crippen molar-refractivity contribution in [3.8, 4) is 22.9 Å². The van der Waals surface area contributed by atoms with Gasteiger partial charge in [-0.15, -0.1) is 10.2 Å². The third-order valence-corrected chi connectivity index (χ3v) is 11.2. The van der Waals surface area contributed by atoms with Crippen molar-refractivity contribution in [1.82, 2.24) is 13.9 Å². The number of rotatable bonds is 14. The number of hydrogen-bond donors (Lipinski definition) is 4. The number of aromatic hydroxyl groups is 2. The predicted molar refractivity (Wildman–Crippen MR) is 209 cm³/mol. The van der Waals surface area contributed by atoms with Gasteiger partial charge in [0.2, 0.25) is 21.8 Å². The fourth-order valence-electron chi connectivity index (χ4n) is 5.93. The monoisotopic (exact) mass is 787 g/mol. The van der Waals surface area contributed by atoms with Crippen LogP contribution in [0.1, 0.15) is 43.9 Å². The second-order valence-electron chi connectivity index (χ2n) is 12.7. The molecule has 3 aromatic carbocycles. The van der Waals surface area contributed by atoms with E-state index in [4.69, 9.17) is 0 Å². The number of nitrogens with zero attached hydrogens (tertiary/aromatic N) is 6. The minimum absolute atomic E-state index is 0.0299. The molecule has 2 heterocycles. The fourth-order valence-corrected chi connectivity index (χ4v) is 8.03. The van der Waals surface area contributed by atoms with Gasteiger partial charge in [0.15, 0.2) is 11.1 Å². The highest BCUT2D eigenvalue weighted by Crippen LogP contribution is 2.38. The summed E-state index contributed by atoms with van der Waals surface area (Å²) in [5, 5.41) is 38.0. The molecule has 0 amide bonds. The molecule has 0 aliphatic rings. The molecular formula is C38H41N7O8S2. The van der Waals surface area contributed by atoms with Crippen LogP contribution in [0.5, 0.6) is 11.8 Å². The van der Waals surface area contributed by atoms with Crippen molar-refractivity contribution in [2.75, 3.05) is 0 Å². The van der Waals surface area contributed by atoms with E-state index in [9.17, 15) is 37.0 Å². The van der Waals surface area contributed by atoms with Crippen LogP contribution in [-0.2, 0) is 40.6 Å². The molecule has 15 nitrogen and oxygen atoms in total. The van der Waals surface area contributed by atoms with Gasteiger partial charge in [-0.05, 0) is 88.4 Å². The lowest BCUT2D eigenvalue weighted by Crippen LogP contribution is -2.33. The molecule has 55 heavy (non-hydrogen) atoms. The smallest absolute Gasteiger partial charge is 0.253 e. The molecular weight excluding hydrogens is 747 g/mol. The Hall–Kier alpha value is -5.62. The van der Waals surface area contributed by atoms with Crippen LogP contribution in [0.4, 0.5) is 22.7 Å². The van der Waals surface area contributed by atoms with E-state index in [1.807, 2.05) is 30.3 Å². The Kier molecular flexibility index (Phi) is 12.7. The van der Waals surface area contributed by atoms with E-state index in [1.54, 1.807) is 34.6 Å². The number of sulfonamides is 1. The van der Waals surface area contributed by atoms with Crippen LogP contribution in [0.2, 0.25) is 0 Å². The van der Waals surface area contributed by atoms with Crippen LogP contribution in [0, 0.1) is 13.8 Å². The maximum Gasteiger partial charge on any atom is 0.253 e. The number of benzene rings is 3. The lowest BCUT2D eigenvalue weighted by Gasteiger charge is -2.18. The summed E-state index contributed by atoms with van der Waals surface area (Å²) in [5.41, 5.74) is 1.38. The van der Waals surface area contributed by atoms with Crippen LogP contribution in [-0.4, -0.2) is 42.6 Å². The molecule has 4 N–H and O–H groups in total. The third-order valence-electron chi connectivity index (χ3n) is 8.82. The van der Waals surface area contributed by atoms with Gasteiger partial charge in [-0.25, -0.2) is 17.3 Å². The van der Waals surface area contributed by atoms with Crippen molar-refractivity contribution in [3.05, 3.63) is 116 Å². The summed E-state index contributed by atoms with van der Waals surface area (Å²) in [5.74, 6) is -0.770. The summed E-state index contributed by atoms with van der Waals surface area (Å²) in [6.45, 7) is 8.65. The van der Waals surface area contributed by atoms with E-state index in [-0.39, 0.29) is 68.5 Å². The highest BCUT2D eigenvalue weighted by atomic mass is 32.2. The Bertz CT molecular complexity index is 2550. The minimum Gasteiger partial charge on any atom is -0.493 e. The first-order valence-corrected chi connectivity index (χ1v) is 19.9. The van der Waals surface area contributed by atoms with E-state index in [0.29, 0.717) is 24.0 Å². The molecule has 0 aliphatic carbocycles. The quantitative estimate of drug-likeness (QED) is 0.0653. The normalized spacial score (nSPS) is 13.1. The van der Waals surface area contributed by atoms with Gasteiger partial charge in [0, 0.05) is 42.4 Å². The van der Waals surface area contributed by atoms with Gasteiger partial charge in [-0.3, -0.25) is 18.7 Å². The van der Waals surface area contributed by atoms with Crippen molar-refractivity contribution in [3.63, 3.8) is 0 Å². The van der Waals surface area contributed by atoms with Crippen molar-refractivity contribution in [2.45, 2.75) is 76.4 Å². The van der Waals surface area contributed by atoms with E-state index >= 15 is 0 Å². The molecule has 288 valence electrons. The van der Waals surface area contributed by atoms with Gasteiger partial charge in [0.25, 0.3) is 11.1 Å². The molecule has 2 atom stereocenters. The Morgan fingerprint density at radius 2 is 1.25 bits per heavy atom. The Morgan fingerprint density at radius 3 is 1.76 bits per heavy atom. The summed E-state index contributed by atoms with van der Waals surface area (Å²) in [7, 11) is -4.32. The Balaban J connectivity index is 1.59. The molecule has 5 rings (SSSR count). The molecule has 17 heteroatoms. The lowest BCUT2D eigenvalue weighted by atomic mass is 10.0. The zero-order chi connectivity index (χ0) is 40.0. The average Bonchev–Trinajstić information content (AvgIpc) is 3.14. The van der Waals surface area contributed by atoms with Gasteiger partial charge < -0.3 is 14.8 Å². The number of pyridine rings is 2. The van der Waals surface area contributed by atoms with E-state index < -0.39 is 38.3 Å². The van der Waals surface area contributed by atoms with Crippen molar-refractivity contribution < 1.29 is 27.4 Å². The molecule has 0 bridgehead atoms. The average molecular weight is 788 g/mol. The fraction of sp³-hybridized carbons (Fsp3) is 0.263. The minimum atomic E-state index is -4.32. The van der Waals surface area contributed by atoms with E-state index in [1.165, 1.54) is 48.5 Å². The first-order chi connectivity index (χ1) is 26.1. The highest BCUT2D eigenvalue weighted by Gasteiger charge is 2.25. The van der Waals surface area contributed by atoms with Crippen LogP contribution in [0.25, 0.3) is 11.1 Å². The van der Waals surface area contributed by atoms with Crippen molar-refractivity contribution in [2.24, 2.45) is 20.5 Å². The second-order valence-corrected chi connectivity index (χ2v) is 15.3. The second kappa shape index (κ2) is 17.2. The molecule has 0 saturated carbocycles. The zero-order valence-corrected chi connectivity index (χ0v) is 32.4. The van der Waals surface area contributed by atoms with Crippen LogP contribution in [0.15, 0.2) is 119 Å². The first-order valence-electron chi connectivity index (χ1n) is 17.3. The van der Waals surface area contributed by atoms with Crippen LogP contribution in [0.3, 0.4) is 0 Å². The number of aryl methyl sites for hydroxylation is 3. The number of azo groups is 2. The van der Waals surface area contributed by atoms with E-state index in [2.05, 4.69) is 25.2 Å². The predicted octanol–water partition coefficient (Wildman–Crippen LogP) is 7.46. The summed E-state index contributed by atoms with van der Waals surface area (Å²) >= 11 is -2.64. The van der Waals surface area contributed by atoms with Crippen LogP contribution < -0.4 is 15.8 Å². The summed E-state index contributed by atoms with van der Waals surface area (Å²) in [6, 6.07) is 20.0. The lowest BCUT2D eigenvalue weighted by molar-refractivity contribution is 0.412. The van der Waals surface area contributed by atoms with Crippen molar-refractivity contribution in [1.29, 1.82) is 0 Å². The van der Waals surface area contributed by atoms with Crippen molar-refractivity contribution >= 4 is 43.9 Å². The Morgan fingerprint density at radius 1 is 0.745 bits per heavy atom. The number of aromatic nitrogens is 2. The highest BCUT2D eigenvalue weighted by molar-refractivity contribution is 7.89. The van der Waals surface area contributed by atoms with Gasteiger partial charge in [-0.2, -0.15) is 10.2 Å². The largest absolute Gasteiger partial charge is 0.493 e. The topological polar surface area (TPSA) is 217 Å². The third kappa shape index (κ3) is 9.20. The maximum absolute atomic E-state index is 14.2. The van der Waals surface area contributed by atoms with Gasteiger partial charge in [-0.1, -0.05) is 42.5 Å². The Labute approximate surface area is 320 Å². The molecule has 2 unspecified atom stereocenters. The molecule has 0 radical (unpaired) electrons. The van der Waals surface area contributed by atoms with Gasteiger partial charge >= 0.3 is 0 Å². The molecule has 5 aromatic rings. The van der Waals surface area contributed by atoms with Gasteiger partial charge in [0.1, 0.15) is 11.4 Å². The summed E-state index contributed by atoms with van der Waals surface area (Å²) < 4.78 is 56.5. The zero-order valence-electron chi connectivity index (χ0n) is 30.8. The van der Waals surface area contributed by atoms with E-state index in [0.717, 1.165) is 14.7 Å². The summed E-state index contributed by atoms with van der Waals surface area (Å²) in [6.07, 6.45) is 1.08. The SMILES string of the molecule is CCn1c(O)c(N=Nc2ccc(-c3ccc(N=Nc4c(C)cc(=O)n(CC)c4O)cc3S(=O)(=O)NC(C)CCc3ccccc3)c(S(=O)O)c2)c(C)cc1=O. The molecule has 0 saturated heterocycles. The van der Waals surface area contributed by atoms with Crippen LogP contribution >= 0.6 is 0 Å². The maximum atomic E-state index is 14.2. The number of hydrogen-bond acceptors (Lipinski definition) is 11.